The number of ether oxygens (including phenoxy) is 2. The number of carboxylic acids is 1. The number of halogens is 1. The molecule has 2 aromatic heterocycles. The number of aromatic nitrogens is 3. The summed E-state index contributed by atoms with van der Waals surface area (Å²) in [6.45, 7) is 14.4. The van der Waals surface area contributed by atoms with E-state index in [-0.39, 0.29) is 12.0 Å². The van der Waals surface area contributed by atoms with Crippen molar-refractivity contribution in [2.45, 2.75) is 84.5 Å². The lowest BCUT2D eigenvalue weighted by Gasteiger charge is -2.33. The lowest BCUT2D eigenvalue weighted by Crippen LogP contribution is -2.41. The van der Waals surface area contributed by atoms with Crippen molar-refractivity contribution in [3.8, 4) is 21.7 Å². The van der Waals surface area contributed by atoms with Crippen molar-refractivity contribution in [2.75, 3.05) is 13.1 Å². The zero-order valence-corrected chi connectivity index (χ0v) is 30.8. The standard InChI is InChI=1S/C38H43ClN4O5S/c1-21-19-27-33(30(22-9-12-25(39)13-10-22)29(21)32(35(44)45)47-37(2,3)4)49-34(40-27)24-11-14-28-26(20-24)31(41-42(28)8)23-15-17-43(18-16-23)36(46)48-38(5,6)7/h9-14,19-20,23,32H,15-18H2,1-8H3,(H,44,45)/t32-/m0/s1. The van der Waals surface area contributed by atoms with Gasteiger partial charge in [-0.2, -0.15) is 5.10 Å². The number of amides is 1. The molecule has 258 valence electrons. The van der Waals surface area contributed by atoms with Crippen LogP contribution in [-0.2, 0) is 21.3 Å². The summed E-state index contributed by atoms with van der Waals surface area (Å²) in [5.74, 6) is -0.852. The van der Waals surface area contributed by atoms with Crippen LogP contribution in [0.1, 0.15) is 83.2 Å². The quantitative estimate of drug-likeness (QED) is 0.188. The number of aliphatic carboxylic acids is 1. The maximum atomic E-state index is 12.7. The lowest BCUT2D eigenvalue weighted by atomic mass is 9.91. The van der Waals surface area contributed by atoms with Crippen molar-refractivity contribution >= 4 is 56.1 Å². The molecule has 0 aliphatic carbocycles. The highest BCUT2D eigenvalue weighted by molar-refractivity contribution is 7.22. The molecule has 1 N–H and O–H groups in total. The van der Waals surface area contributed by atoms with Gasteiger partial charge < -0.3 is 19.5 Å². The van der Waals surface area contributed by atoms with E-state index in [4.69, 9.17) is 31.2 Å². The summed E-state index contributed by atoms with van der Waals surface area (Å²) in [6.07, 6.45) is 0.137. The van der Waals surface area contributed by atoms with Gasteiger partial charge >= 0.3 is 12.1 Å². The van der Waals surface area contributed by atoms with E-state index in [0.717, 1.165) is 66.9 Å². The molecule has 0 saturated carbocycles. The van der Waals surface area contributed by atoms with E-state index >= 15 is 0 Å². The Morgan fingerprint density at radius 1 is 0.980 bits per heavy atom. The van der Waals surface area contributed by atoms with Gasteiger partial charge in [0.05, 0.1) is 27.0 Å². The van der Waals surface area contributed by atoms with E-state index in [0.29, 0.717) is 23.7 Å². The summed E-state index contributed by atoms with van der Waals surface area (Å²) in [5.41, 5.74) is 5.58. The van der Waals surface area contributed by atoms with Crippen LogP contribution in [0.4, 0.5) is 4.79 Å². The molecule has 1 saturated heterocycles. The molecule has 0 spiro atoms. The molecule has 1 aliphatic rings. The monoisotopic (exact) mass is 702 g/mol. The smallest absolute Gasteiger partial charge is 0.410 e. The van der Waals surface area contributed by atoms with Crippen LogP contribution in [0.2, 0.25) is 5.02 Å². The minimum absolute atomic E-state index is 0.200. The maximum Gasteiger partial charge on any atom is 0.410 e. The Kier molecular flexibility index (Phi) is 9.28. The number of carbonyl (C=O) groups excluding carboxylic acids is 1. The van der Waals surface area contributed by atoms with Crippen LogP contribution in [0.25, 0.3) is 42.8 Å². The molecule has 0 radical (unpaired) electrons. The predicted octanol–water partition coefficient (Wildman–Crippen LogP) is 9.53. The number of aryl methyl sites for hydroxylation is 2. The molecular formula is C38H43ClN4O5S. The van der Waals surface area contributed by atoms with Crippen LogP contribution in [-0.4, -0.2) is 61.1 Å². The molecule has 49 heavy (non-hydrogen) atoms. The normalized spacial score (nSPS) is 15.2. The molecule has 11 heteroatoms. The fourth-order valence-electron chi connectivity index (χ4n) is 6.55. The molecule has 1 aliphatic heterocycles. The highest BCUT2D eigenvalue weighted by Gasteiger charge is 2.33. The number of likely N-dealkylation sites (tertiary alicyclic amines) is 1. The SMILES string of the molecule is Cc1cc2nc(-c3ccc4c(c3)c(C3CCN(C(=O)OC(C)(C)C)CC3)nn4C)sc2c(-c2ccc(Cl)cc2)c1[C@H](OC(C)(C)C)C(=O)O. The summed E-state index contributed by atoms with van der Waals surface area (Å²) >= 11 is 7.81. The summed E-state index contributed by atoms with van der Waals surface area (Å²) in [7, 11) is 1.96. The van der Waals surface area contributed by atoms with Gasteiger partial charge in [-0.1, -0.05) is 23.7 Å². The second kappa shape index (κ2) is 13.0. The topological polar surface area (TPSA) is 107 Å². The molecule has 3 aromatic carbocycles. The molecule has 5 aromatic rings. The van der Waals surface area contributed by atoms with Crippen LogP contribution < -0.4 is 0 Å². The molecule has 3 heterocycles. The van der Waals surface area contributed by atoms with E-state index in [1.807, 2.05) is 90.5 Å². The van der Waals surface area contributed by atoms with Crippen molar-refractivity contribution in [2.24, 2.45) is 7.05 Å². The number of piperidine rings is 1. The minimum atomic E-state index is -1.18. The number of carboxylic acid groups (broad SMARTS) is 1. The van der Waals surface area contributed by atoms with Crippen molar-refractivity contribution in [3.63, 3.8) is 0 Å². The van der Waals surface area contributed by atoms with E-state index in [1.54, 1.807) is 4.90 Å². The number of fused-ring (bicyclic) bond motifs is 2. The van der Waals surface area contributed by atoms with E-state index in [2.05, 4.69) is 18.2 Å². The van der Waals surface area contributed by atoms with Gasteiger partial charge in [0.1, 0.15) is 10.6 Å². The van der Waals surface area contributed by atoms with Crippen molar-refractivity contribution in [1.82, 2.24) is 19.7 Å². The van der Waals surface area contributed by atoms with E-state index < -0.39 is 23.3 Å². The van der Waals surface area contributed by atoms with Gasteiger partial charge in [0, 0.05) is 53.2 Å². The number of thiazole rings is 1. The number of carbonyl (C=O) groups is 2. The van der Waals surface area contributed by atoms with Crippen molar-refractivity contribution < 1.29 is 24.2 Å². The third-order valence-electron chi connectivity index (χ3n) is 8.68. The van der Waals surface area contributed by atoms with Gasteiger partial charge in [-0.25, -0.2) is 14.6 Å². The second-order valence-corrected chi connectivity index (χ2v) is 16.2. The fourth-order valence-corrected chi connectivity index (χ4v) is 7.80. The van der Waals surface area contributed by atoms with Crippen molar-refractivity contribution in [1.29, 1.82) is 0 Å². The first kappa shape index (κ1) is 34.9. The number of nitrogens with zero attached hydrogens (tertiary/aromatic N) is 4. The molecule has 6 rings (SSSR count). The highest BCUT2D eigenvalue weighted by atomic mass is 35.5. The summed E-state index contributed by atoms with van der Waals surface area (Å²) in [6, 6.07) is 15.7. The zero-order chi connectivity index (χ0) is 35.4. The third-order valence-corrected chi connectivity index (χ3v) is 10.1. The number of hydrogen-bond donors (Lipinski definition) is 1. The molecule has 0 unspecified atom stereocenters. The number of hydrogen-bond acceptors (Lipinski definition) is 7. The minimum Gasteiger partial charge on any atom is -0.479 e. The van der Waals surface area contributed by atoms with Gasteiger partial charge in [-0.05, 0) is 109 Å². The molecule has 1 amide bonds. The van der Waals surface area contributed by atoms with Crippen LogP contribution in [0.15, 0.2) is 48.5 Å². The molecular weight excluding hydrogens is 660 g/mol. The average Bonchev–Trinajstić information content (AvgIpc) is 3.59. The van der Waals surface area contributed by atoms with Gasteiger partial charge in [-0.15, -0.1) is 11.3 Å². The maximum absolute atomic E-state index is 12.7. The Labute approximate surface area is 295 Å². The summed E-state index contributed by atoms with van der Waals surface area (Å²) in [4.78, 5) is 32.3. The predicted molar refractivity (Wildman–Crippen MR) is 196 cm³/mol. The third kappa shape index (κ3) is 7.32. The number of rotatable bonds is 6. The Morgan fingerprint density at radius 2 is 1.63 bits per heavy atom. The Hall–Kier alpha value is -3.99. The molecule has 1 atom stereocenters. The molecule has 0 bridgehead atoms. The second-order valence-electron chi connectivity index (χ2n) is 14.8. The first-order valence-corrected chi connectivity index (χ1v) is 17.7. The molecule has 1 fully saturated rings. The largest absolute Gasteiger partial charge is 0.479 e. The van der Waals surface area contributed by atoms with Gasteiger partial charge in [0.25, 0.3) is 0 Å². The number of benzene rings is 3. The van der Waals surface area contributed by atoms with Crippen molar-refractivity contribution in [3.05, 3.63) is 70.4 Å². The Morgan fingerprint density at radius 3 is 2.24 bits per heavy atom. The van der Waals surface area contributed by atoms with Crippen LogP contribution in [0, 0.1) is 6.92 Å². The Balaban J connectivity index is 1.42. The first-order valence-electron chi connectivity index (χ1n) is 16.5. The van der Waals surface area contributed by atoms with E-state index in [1.165, 1.54) is 11.3 Å². The highest BCUT2D eigenvalue weighted by Crippen LogP contribution is 2.45. The van der Waals surface area contributed by atoms with Gasteiger partial charge in [0.15, 0.2) is 6.10 Å². The van der Waals surface area contributed by atoms with Gasteiger partial charge in [-0.3, -0.25) is 4.68 Å². The van der Waals surface area contributed by atoms with Gasteiger partial charge in [0.2, 0.25) is 0 Å². The summed E-state index contributed by atoms with van der Waals surface area (Å²) in [5, 5.41) is 17.8. The van der Waals surface area contributed by atoms with Crippen LogP contribution in [0.5, 0.6) is 0 Å². The van der Waals surface area contributed by atoms with Crippen LogP contribution >= 0.6 is 22.9 Å². The molecule has 9 nitrogen and oxygen atoms in total. The summed E-state index contributed by atoms with van der Waals surface area (Å²) < 4.78 is 14.6. The lowest BCUT2D eigenvalue weighted by molar-refractivity contribution is -0.160. The van der Waals surface area contributed by atoms with E-state index in [9.17, 15) is 14.7 Å². The average molecular weight is 703 g/mol. The Bertz CT molecular complexity index is 2050. The fraction of sp³-hybridized carbons (Fsp3) is 0.421. The van der Waals surface area contributed by atoms with Crippen LogP contribution in [0.3, 0.4) is 0 Å². The zero-order valence-electron chi connectivity index (χ0n) is 29.3. The first-order chi connectivity index (χ1) is 23.0.